The van der Waals surface area contributed by atoms with E-state index in [4.69, 9.17) is 0 Å². The minimum Gasteiger partial charge on any atom is -0.269 e. The van der Waals surface area contributed by atoms with E-state index in [2.05, 4.69) is 0 Å². The van der Waals surface area contributed by atoms with Crippen LogP contribution < -0.4 is 5.32 Å². The maximum Gasteiger partial charge on any atom is 0.331 e. The molecule has 0 aliphatic carbocycles. The lowest BCUT2D eigenvalue weighted by Crippen LogP contribution is -2.32. The molecule has 1 aliphatic heterocycles. The van der Waals surface area contributed by atoms with E-state index >= 15 is 0 Å². The molecular formula is C7H10N2O5S. The fourth-order valence-corrected chi connectivity index (χ4v) is 1.77. The van der Waals surface area contributed by atoms with Crippen LogP contribution in [0.1, 0.15) is 6.42 Å². The zero-order chi connectivity index (χ0) is 11.6. The molecule has 1 fully saturated rings. The first-order valence-corrected chi connectivity index (χ1v) is 6.22. The van der Waals surface area contributed by atoms with Crippen LogP contribution in [0.5, 0.6) is 0 Å². The number of amides is 4. The number of hydrogen-bond donors (Lipinski definition) is 1. The number of carbonyl (C=O) groups is 3. The number of hydrogen-bond acceptors (Lipinski definition) is 5. The van der Waals surface area contributed by atoms with E-state index in [9.17, 15) is 22.8 Å². The van der Waals surface area contributed by atoms with Gasteiger partial charge in [-0.05, 0) is 6.42 Å². The van der Waals surface area contributed by atoms with Crippen LogP contribution in [-0.2, 0) is 19.4 Å². The van der Waals surface area contributed by atoms with Crippen molar-refractivity contribution in [1.29, 1.82) is 0 Å². The zero-order valence-electron chi connectivity index (χ0n) is 8.02. The molecule has 0 atom stereocenters. The van der Waals surface area contributed by atoms with Crippen LogP contribution in [0.2, 0.25) is 0 Å². The van der Waals surface area contributed by atoms with Gasteiger partial charge in [0.1, 0.15) is 9.84 Å². The minimum atomic E-state index is -3.12. The minimum absolute atomic E-state index is 0.0660. The smallest absolute Gasteiger partial charge is 0.269 e. The van der Waals surface area contributed by atoms with Gasteiger partial charge in [0.25, 0.3) is 0 Å². The Morgan fingerprint density at radius 3 is 2.27 bits per heavy atom. The van der Waals surface area contributed by atoms with Crippen molar-refractivity contribution in [3.05, 3.63) is 0 Å². The molecule has 0 unspecified atom stereocenters. The number of nitrogens with one attached hydrogen (secondary N) is 1. The quantitative estimate of drug-likeness (QED) is 0.471. The summed E-state index contributed by atoms with van der Waals surface area (Å²) in [7, 11) is -3.12. The first-order valence-electron chi connectivity index (χ1n) is 4.16. The molecule has 0 aromatic carbocycles. The Hall–Kier alpha value is -1.44. The van der Waals surface area contributed by atoms with Gasteiger partial charge in [-0.3, -0.25) is 19.8 Å². The second kappa shape index (κ2) is 3.97. The van der Waals surface area contributed by atoms with Crippen molar-refractivity contribution >= 4 is 27.7 Å². The highest BCUT2D eigenvalue weighted by Gasteiger charge is 2.36. The summed E-state index contributed by atoms with van der Waals surface area (Å²) in [5.74, 6) is -2.04. The van der Waals surface area contributed by atoms with E-state index < -0.39 is 27.7 Å². The molecule has 0 saturated carbocycles. The summed E-state index contributed by atoms with van der Waals surface area (Å²) in [5.41, 5.74) is 0. The van der Waals surface area contributed by atoms with Gasteiger partial charge in [0.2, 0.25) is 0 Å². The third-order valence-electron chi connectivity index (χ3n) is 1.80. The Labute approximate surface area is 86.3 Å². The lowest BCUT2D eigenvalue weighted by molar-refractivity contribution is -0.140. The molecule has 1 heterocycles. The molecule has 0 bridgehead atoms. The van der Waals surface area contributed by atoms with Crippen molar-refractivity contribution in [2.45, 2.75) is 6.42 Å². The molecule has 84 valence electrons. The zero-order valence-corrected chi connectivity index (χ0v) is 8.83. The predicted molar refractivity (Wildman–Crippen MR) is 49.6 cm³/mol. The molecular weight excluding hydrogens is 224 g/mol. The van der Waals surface area contributed by atoms with Gasteiger partial charge in [-0.2, -0.15) is 0 Å². The lowest BCUT2D eigenvalue weighted by atomic mass is 10.4. The summed E-state index contributed by atoms with van der Waals surface area (Å²) >= 11 is 0. The number of sulfone groups is 1. The van der Waals surface area contributed by atoms with Gasteiger partial charge < -0.3 is 0 Å². The number of rotatable bonds is 4. The molecule has 1 saturated heterocycles. The second-order valence-corrected chi connectivity index (χ2v) is 5.46. The summed E-state index contributed by atoms with van der Waals surface area (Å²) in [6.07, 6.45) is 1.19. The van der Waals surface area contributed by atoms with Crippen LogP contribution in [0.15, 0.2) is 0 Å². The summed E-state index contributed by atoms with van der Waals surface area (Å²) in [6.45, 7) is -0.0660. The first-order chi connectivity index (χ1) is 6.81. The van der Waals surface area contributed by atoms with E-state index in [1.807, 2.05) is 5.32 Å². The highest BCUT2D eigenvalue weighted by molar-refractivity contribution is 7.90. The fourth-order valence-electron chi connectivity index (χ4n) is 1.12. The Balaban J connectivity index is 2.50. The number of imide groups is 2. The van der Waals surface area contributed by atoms with Crippen molar-refractivity contribution in [2.24, 2.45) is 0 Å². The van der Waals surface area contributed by atoms with Crippen molar-refractivity contribution < 1.29 is 22.8 Å². The molecule has 7 nitrogen and oxygen atoms in total. The van der Waals surface area contributed by atoms with Crippen molar-refractivity contribution in [3.63, 3.8) is 0 Å². The average molecular weight is 234 g/mol. The summed E-state index contributed by atoms with van der Waals surface area (Å²) < 4.78 is 21.5. The second-order valence-electron chi connectivity index (χ2n) is 3.20. The largest absolute Gasteiger partial charge is 0.331 e. The monoisotopic (exact) mass is 234 g/mol. The lowest BCUT2D eigenvalue weighted by Gasteiger charge is -2.09. The molecule has 1 aliphatic rings. The summed E-state index contributed by atoms with van der Waals surface area (Å²) in [6, 6.07) is -0.793. The van der Waals surface area contributed by atoms with Crippen molar-refractivity contribution in [3.8, 4) is 0 Å². The Morgan fingerprint density at radius 2 is 1.87 bits per heavy atom. The van der Waals surface area contributed by atoms with Gasteiger partial charge in [-0.25, -0.2) is 13.2 Å². The first kappa shape index (κ1) is 11.6. The van der Waals surface area contributed by atoms with E-state index in [1.165, 1.54) is 0 Å². The van der Waals surface area contributed by atoms with E-state index in [1.54, 1.807) is 0 Å². The average Bonchev–Trinajstić information content (AvgIpc) is 2.29. The van der Waals surface area contributed by atoms with Gasteiger partial charge in [0.05, 0.1) is 5.75 Å². The molecule has 1 rings (SSSR count). The van der Waals surface area contributed by atoms with Gasteiger partial charge in [-0.1, -0.05) is 0 Å². The van der Waals surface area contributed by atoms with Crippen LogP contribution in [-0.4, -0.2) is 49.7 Å². The van der Waals surface area contributed by atoms with Crippen LogP contribution in [0.4, 0.5) is 4.79 Å². The van der Waals surface area contributed by atoms with E-state index in [0.29, 0.717) is 4.90 Å². The van der Waals surface area contributed by atoms with E-state index in [-0.39, 0.29) is 18.7 Å². The standard InChI is InChI=1S/C7H10N2O5S/c1-15(13,14)4-2-3-9-6(11)5(10)8-7(9)12/h2-4H2,1H3,(H,8,10,12). The molecule has 0 aromatic heterocycles. The summed E-state index contributed by atoms with van der Waals surface area (Å²) in [4.78, 5) is 33.4. The molecule has 8 heteroatoms. The molecule has 0 radical (unpaired) electrons. The maximum absolute atomic E-state index is 11.0. The normalized spacial score (nSPS) is 17.1. The number of urea groups is 1. The van der Waals surface area contributed by atoms with Crippen LogP contribution in [0.25, 0.3) is 0 Å². The Morgan fingerprint density at radius 1 is 1.27 bits per heavy atom. The maximum atomic E-state index is 11.0. The number of carbonyl (C=O) groups excluding carboxylic acids is 3. The van der Waals surface area contributed by atoms with Crippen molar-refractivity contribution in [1.82, 2.24) is 10.2 Å². The van der Waals surface area contributed by atoms with Crippen LogP contribution >= 0.6 is 0 Å². The molecule has 0 spiro atoms. The third-order valence-corrected chi connectivity index (χ3v) is 2.83. The fraction of sp³-hybridized carbons (Fsp3) is 0.571. The predicted octanol–water partition coefficient (Wildman–Crippen LogP) is -1.50. The van der Waals surface area contributed by atoms with Gasteiger partial charge in [0.15, 0.2) is 0 Å². The molecule has 4 amide bonds. The Bertz CT molecular complexity index is 413. The molecule has 0 aromatic rings. The highest BCUT2D eigenvalue weighted by Crippen LogP contribution is 2.02. The van der Waals surface area contributed by atoms with Gasteiger partial charge in [0, 0.05) is 12.8 Å². The third kappa shape index (κ3) is 3.01. The van der Waals surface area contributed by atoms with E-state index in [0.717, 1.165) is 6.26 Å². The molecule has 15 heavy (non-hydrogen) atoms. The van der Waals surface area contributed by atoms with Crippen LogP contribution in [0, 0.1) is 0 Å². The van der Waals surface area contributed by atoms with Gasteiger partial charge >= 0.3 is 17.8 Å². The SMILES string of the molecule is CS(=O)(=O)CCCN1C(=O)NC(=O)C1=O. The van der Waals surface area contributed by atoms with Crippen molar-refractivity contribution in [2.75, 3.05) is 18.6 Å². The topological polar surface area (TPSA) is 101 Å². The van der Waals surface area contributed by atoms with Crippen LogP contribution in [0.3, 0.4) is 0 Å². The highest BCUT2D eigenvalue weighted by atomic mass is 32.2. The molecule has 1 N–H and O–H groups in total. The summed E-state index contributed by atoms with van der Waals surface area (Å²) in [5, 5.41) is 1.81. The number of nitrogens with zero attached hydrogens (tertiary/aromatic N) is 1. The Kier molecular flexibility index (Phi) is 3.08. The van der Waals surface area contributed by atoms with Gasteiger partial charge in [-0.15, -0.1) is 0 Å².